The Morgan fingerprint density at radius 3 is 2.61 bits per heavy atom. The lowest BCUT2D eigenvalue weighted by Gasteiger charge is -2.28. The van der Waals surface area contributed by atoms with Crippen molar-refractivity contribution < 1.29 is 19.7 Å². The summed E-state index contributed by atoms with van der Waals surface area (Å²) in [5.74, 6) is 1.60. The average molecular weight is 315 g/mol. The van der Waals surface area contributed by atoms with Gasteiger partial charge in [-0.15, -0.1) is 0 Å². The van der Waals surface area contributed by atoms with Crippen LogP contribution in [0.2, 0.25) is 0 Å². The first-order valence-corrected chi connectivity index (χ1v) is 7.61. The van der Waals surface area contributed by atoms with Gasteiger partial charge in [-0.1, -0.05) is 0 Å². The highest BCUT2D eigenvalue weighted by Gasteiger charge is 2.23. The van der Waals surface area contributed by atoms with Gasteiger partial charge in [0.15, 0.2) is 11.5 Å². The molecule has 3 rings (SSSR count). The second-order valence-electron chi connectivity index (χ2n) is 5.68. The van der Waals surface area contributed by atoms with Crippen molar-refractivity contribution in [2.75, 3.05) is 20.8 Å². The van der Waals surface area contributed by atoms with E-state index in [1.807, 2.05) is 6.07 Å². The van der Waals surface area contributed by atoms with E-state index in [2.05, 4.69) is 5.32 Å². The molecular formula is C18H21NO4. The third kappa shape index (κ3) is 3.05. The highest BCUT2D eigenvalue weighted by Crippen LogP contribution is 2.36. The highest BCUT2D eigenvalue weighted by molar-refractivity contribution is 5.49. The lowest BCUT2D eigenvalue weighted by Crippen LogP contribution is -2.31. The van der Waals surface area contributed by atoms with Gasteiger partial charge in [-0.3, -0.25) is 0 Å². The molecule has 0 fully saturated rings. The molecule has 1 aliphatic rings. The summed E-state index contributed by atoms with van der Waals surface area (Å²) in [5, 5.41) is 23.3. The molecule has 0 saturated heterocycles. The van der Waals surface area contributed by atoms with Gasteiger partial charge in [-0.05, 0) is 66.4 Å². The van der Waals surface area contributed by atoms with Gasteiger partial charge in [-0.25, -0.2) is 0 Å². The first kappa shape index (κ1) is 15.5. The van der Waals surface area contributed by atoms with Crippen LogP contribution in [0.5, 0.6) is 23.0 Å². The fourth-order valence-corrected chi connectivity index (χ4v) is 3.15. The first-order valence-electron chi connectivity index (χ1n) is 7.61. The molecule has 1 atom stereocenters. The van der Waals surface area contributed by atoms with Gasteiger partial charge in [-0.2, -0.15) is 0 Å². The van der Waals surface area contributed by atoms with Gasteiger partial charge in [0.1, 0.15) is 11.5 Å². The molecule has 1 heterocycles. The van der Waals surface area contributed by atoms with E-state index in [0.717, 1.165) is 29.8 Å². The van der Waals surface area contributed by atoms with Crippen LogP contribution >= 0.6 is 0 Å². The molecule has 5 heteroatoms. The molecule has 0 aliphatic carbocycles. The van der Waals surface area contributed by atoms with Crippen LogP contribution in [0.4, 0.5) is 0 Å². The molecule has 23 heavy (non-hydrogen) atoms. The zero-order chi connectivity index (χ0) is 16.4. The molecule has 0 spiro atoms. The second kappa shape index (κ2) is 6.38. The highest BCUT2D eigenvalue weighted by atomic mass is 16.5. The Labute approximate surface area is 135 Å². The number of methoxy groups -OCH3 is 2. The molecule has 0 aromatic heterocycles. The summed E-state index contributed by atoms with van der Waals surface area (Å²) in [4.78, 5) is 0. The van der Waals surface area contributed by atoms with E-state index >= 15 is 0 Å². The maximum atomic E-state index is 10.1. The first-order chi connectivity index (χ1) is 11.1. The number of aromatic hydroxyl groups is 2. The zero-order valence-electron chi connectivity index (χ0n) is 13.3. The Bertz CT molecular complexity index is 714. The molecule has 0 amide bonds. The van der Waals surface area contributed by atoms with E-state index in [4.69, 9.17) is 9.47 Å². The smallest absolute Gasteiger partial charge is 0.160 e. The third-order valence-electron chi connectivity index (χ3n) is 4.29. The largest absolute Gasteiger partial charge is 0.508 e. The van der Waals surface area contributed by atoms with Crippen molar-refractivity contribution in [1.29, 1.82) is 0 Å². The van der Waals surface area contributed by atoms with Crippen LogP contribution in [0.15, 0.2) is 30.3 Å². The third-order valence-corrected chi connectivity index (χ3v) is 4.29. The van der Waals surface area contributed by atoms with Crippen molar-refractivity contribution in [2.45, 2.75) is 18.9 Å². The van der Waals surface area contributed by atoms with Crippen LogP contribution in [0, 0.1) is 0 Å². The summed E-state index contributed by atoms with van der Waals surface area (Å²) >= 11 is 0. The van der Waals surface area contributed by atoms with E-state index in [1.165, 1.54) is 5.56 Å². The number of hydrogen-bond acceptors (Lipinski definition) is 5. The monoisotopic (exact) mass is 315 g/mol. The molecule has 0 unspecified atom stereocenters. The van der Waals surface area contributed by atoms with E-state index in [-0.39, 0.29) is 17.5 Å². The number of phenolic OH excluding ortho intramolecular Hbond substituents is 2. The van der Waals surface area contributed by atoms with Crippen LogP contribution in [0.3, 0.4) is 0 Å². The van der Waals surface area contributed by atoms with Crippen LogP contribution in [0.25, 0.3) is 0 Å². The summed E-state index contributed by atoms with van der Waals surface area (Å²) in [5.41, 5.74) is 3.15. The quantitative estimate of drug-likeness (QED) is 0.809. The molecule has 122 valence electrons. The Morgan fingerprint density at radius 2 is 1.87 bits per heavy atom. The van der Waals surface area contributed by atoms with Crippen molar-refractivity contribution in [1.82, 2.24) is 5.32 Å². The molecule has 2 aromatic rings. The topological polar surface area (TPSA) is 71.0 Å². The minimum atomic E-state index is 0.0475. The van der Waals surface area contributed by atoms with Crippen molar-refractivity contribution in [2.24, 2.45) is 0 Å². The van der Waals surface area contributed by atoms with E-state index < -0.39 is 0 Å². The summed E-state index contributed by atoms with van der Waals surface area (Å²) in [6.45, 7) is 0.854. The van der Waals surface area contributed by atoms with Crippen LogP contribution in [-0.4, -0.2) is 31.0 Å². The fourth-order valence-electron chi connectivity index (χ4n) is 3.15. The van der Waals surface area contributed by atoms with E-state index in [9.17, 15) is 10.2 Å². The molecule has 0 saturated carbocycles. The Morgan fingerprint density at radius 1 is 1.09 bits per heavy atom. The number of phenols is 2. The Hall–Kier alpha value is -2.40. The number of ether oxygens (including phenoxy) is 2. The number of rotatable bonds is 4. The maximum absolute atomic E-state index is 10.1. The summed E-state index contributed by atoms with van der Waals surface area (Å²) in [6, 6.07) is 8.81. The Kier molecular flexibility index (Phi) is 4.30. The van der Waals surface area contributed by atoms with Crippen molar-refractivity contribution in [3.63, 3.8) is 0 Å². The summed E-state index contributed by atoms with van der Waals surface area (Å²) in [6.07, 6.45) is 1.55. The minimum Gasteiger partial charge on any atom is -0.508 e. The van der Waals surface area contributed by atoms with Crippen LogP contribution in [-0.2, 0) is 12.8 Å². The van der Waals surface area contributed by atoms with Crippen molar-refractivity contribution >= 4 is 0 Å². The van der Waals surface area contributed by atoms with Gasteiger partial charge < -0.3 is 25.0 Å². The lowest BCUT2D eigenvalue weighted by atomic mass is 9.89. The number of nitrogens with one attached hydrogen (secondary N) is 1. The molecule has 0 bridgehead atoms. The predicted octanol–water partition coefficient (Wildman–Crippen LogP) is 2.54. The lowest BCUT2D eigenvalue weighted by molar-refractivity contribution is 0.369. The van der Waals surface area contributed by atoms with Gasteiger partial charge >= 0.3 is 0 Å². The zero-order valence-corrected chi connectivity index (χ0v) is 13.3. The number of benzene rings is 2. The number of hydrogen-bond donors (Lipinski definition) is 3. The van der Waals surface area contributed by atoms with E-state index in [0.29, 0.717) is 12.2 Å². The fraction of sp³-hybridized carbons (Fsp3) is 0.333. The van der Waals surface area contributed by atoms with Crippen LogP contribution < -0.4 is 14.8 Å². The SMILES string of the molecule is COc1cc2c(cc1O)[C@H](Cc1cc(O)ccc1OC)NCC2. The van der Waals surface area contributed by atoms with Gasteiger partial charge in [0, 0.05) is 6.04 Å². The molecule has 0 radical (unpaired) electrons. The van der Waals surface area contributed by atoms with Crippen LogP contribution in [0.1, 0.15) is 22.7 Å². The Balaban J connectivity index is 1.95. The van der Waals surface area contributed by atoms with Crippen molar-refractivity contribution in [3.8, 4) is 23.0 Å². The predicted molar refractivity (Wildman–Crippen MR) is 87.5 cm³/mol. The van der Waals surface area contributed by atoms with E-state index in [1.54, 1.807) is 38.5 Å². The average Bonchev–Trinajstić information content (AvgIpc) is 2.55. The second-order valence-corrected chi connectivity index (χ2v) is 5.68. The van der Waals surface area contributed by atoms with Gasteiger partial charge in [0.05, 0.1) is 14.2 Å². The maximum Gasteiger partial charge on any atom is 0.160 e. The molecule has 3 N–H and O–H groups in total. The normalized spacial score (nSPS) is 16.7. The molecule has 1 aliphatic heterocycles. The number of fused-ring (bicyclic) bond motifs is 1. The van der Waals surface area contributed by atoms with Crippen molar-refractivity contribution in [3.05, 3.63) is 47.0 Å². The molecule has 5 nitrogen and oxygen atoms in total. The standard InChI is InChI=1S/C18H21NO4/c1-22-17-4-3-13(20)7-12(17)8-15-14-10-16(21)18(23-2)9-11(14)5-6-19-15/h3-4,7,9-10,15,19-21H,5-6,8H2,1-2H3/t15-/m0/s1. The van der Waals surface area contributed by atoms with Gasteiger partial charge in [0.25, 0.3) is 0 Å². The van der Waals surface area contributed by atoms with Gasteiger partial charge in [0.2, 0.25) is 0 Å². The molecular weight excluding hydrogens is 294 g/mol. The molecule has 2 aromatic carbocycles. The minimum absolute atomic E-state index is 0.0475. The summed E-state index contributed by atoms with van der Waals surface area (Å²) in [7, 11) is 3.17. The summed E-state index contributed by atoms with van der Waals surface area (Å²) < 4.78 is 10.6.